The van der Waals surface area contributed by atoms with E-state index in [0.29, 0.717) is 23.6 Å². The molecule has 9 heteroatoms. The molecule has 0 spiro atoms. The number of aromatic nitrogens is 3. The maximum Gasteiger partial charge on any atom is 0.228 e. The van der Waals surface area contributed by atoms with Crippen molar-refractivity contribution in [1.82, 2.24) is 14.5 Å². The van der Waals surface area contributed by atoms with E-state index < -0.39 is 9.84 Å². The van der Waals surface area contributed by atoms with Gasteiger partial charge in [-0.1, -0.05) is 18.2 Å². The molecule has 29 heavy (non-hydrogen) atoms. The number of imidazole rings is 1. The highest BCUT2D eigenvalue weighted by Crippen LogP contribution is 2.39. The predicted octanol–water partition coefficient (Wildman–Crippen LogP) is 3.63. The third kappa shape index (κ3) is 3.58. The Morgan fingerprint density at radius 1 is 1.03 bits per heavy atom. The summed E-state index contributed by atoms with van der Waals surface area (Å²) < 4.78 is 37.1. The molecule has 0 unspecified atom stereocenters. The minimum absolute atomic E-state index is 0.0345. The maximum absolute atomic E-state index is 12.3. The zero-order valence-corrected chi connectivity index (χ0v) is 17.8. The van der Waals surface area contributed by atoms with Gasteiger partial charge in [0.1, 0.15) is 5.01 Å². The molecule has 0 atom stereocenters. The van der Waals surface area contributed by atoms with Crippen LogP contribution in [-0.2, 0) is 16.4 Å². The first-order valence-electron chi connectivity index (χ1n) is 8.73. The third-order valence-electron chi connectivity index (χ3n) is 4.46. The number of hydrogen-bond acceptors (Lipinski definition) is 7. The number of sulfone groups is 1. The molecule has 0 aliphatic rings. The second kappa shape index (κ2) is 7.49. The molecule has 0 bridgehead atoms. The van der Waals surface area contributed by atoms with Crippen molar-refractivity contribution in [1.29, 1.82) is 0 Å². The van der Waals surface area contributed by atoms with Gasteiger partial charge in [-0.05, 0) is 24.3 Å². The molecule has 0 aliphatic heterocycles. The normalized spacial score (nSPS) is 11.7. The Morgan fingerprint density at radius 2 is 1.83 bits per heavy atom. The monoisotopic (exact) mass is 429 g/mol. The second-order valence-electron chi connectivity index (χ2n) is 6.43. The topological polar surface area (TPSA) is 83.3 Å². The van der Waals surface area contributed by atoms with Crippen molar-refractivity contribution in [3.8, 4) is 22.1 Å². The number of fused-ring (bicyclic) bond motifs is 1. The van der Waals surface area contributed by atoms with E-state index in [0.717, 1.165) is 28.0 Å². The van der Waals surface area contributed by atoms with Gasteiger partial charge in [0.2, 0.25) is 15.0 Å². The lowest BCUT2D eigenvalue weighted by atomic mass is 10.2. The molecule has 0 saturated heterocycles. The van der Waals surface area contributed by atoms with E-state index in [9.17, 15) is 8.42 Å². The first-order valence-corrected chi connectivity index (χ1v) is 11.5. The average Bonchev–Trinajstić information content (AvgIpc) is 3.32. The number of para-hydroxylation sites is 3. The third-order valence-corrected chi connectivity index (χ3v) is 6.36. The summed E-state index contributed by atoms with van der Waals surface area (Å²) in [7, 11) is -0.311. The largest absolute Gasteiger partial charge is 0.493 e. The van der Waals surface area contributed by atoms with E-state index in [1.54, 1.807) is 24.9 Å². The summed E-state index contributed by atoms with van der Waals surface area (Å²) in [5.74, 6) is 1.24. The zero-order valence-electron chi connectivity index (χ0n) is 16.1. The molecule has 0 N–H and O–H groups in total. The molecule has 2 aromatic carbocycles. The maximum atomic E-state index is 12.3. The molecule has 0 saturated carbocycles. The van der Waals surface area contributed by atoms with Crippen LogP contribution in [0.2, 0.25) is 0 Å². The van der Waals surface area contributed by atoms with Crippen molar-refractivity contribution in [2.45, 2.75) is 11.7 Å². The molecule has 4 aromatic rings. The second-order valence-corrected chi connectivity index (χ2v) is 9.19. The van der Waals surface area contributed by atoms with Crippen molar-refractivity contribution >= 4 is 32.2 Å². The highest BCUT2D eigenvalue weighted by molar-refractivity contribution is 7.90. The summed E-state index contributed by atoms with van der Waals surface area (Å²) >= 11 is 1.46. The molecule has 0 aliphatic carbocycles. The van der Waals surface area contributed by atoms with Gasteiger partial charge in [0.15, 0.2) is 11.5 Å². The molecule has 2 heterocycles. The van der Waals surface area contributed by atoms with Crippen LogP contribution in [-0.4, -0.2) is 43.4 Å². The van der Waals surface area contributed by atoms with Crippen molar-refractivity contribution in [2.24, 2.45) is 0 Å². The van der Waals surface area contributed by atoms with Crippen molar-refractivity contribution < 1.29 is 17.9 Å². The molecular weight excluding hydrogens is 410 g/mol. The van der Waals surface area contributed by atoms with Crippen LogP contribution in [0.4, 0.5) is 0 Å². The van der Waals surface area contributed by atoms with Gasteiger partial charge in [0.25, 0.3) is 0 Å². The molecule has 150 valence electrons. The standard InChI is InChI=1S/C20H19N3O4S2/c1-26-17-10-6-7-14(18(17)27-2)19-21-13(12-28-19)11-23-16-9-5-4-8-15(16)22-20(23)29(3,24)25/h4-10,12H,11H2,1-3H3. The van der Waals surface area contributed by atoms with Gasteiger partial charge in [-0.25, -0.2) is 18.4 Å². The highest BCUT2D eigenvalue weighted by atomic mass is 32.2. The molecule has 0 amide bonds. The number of nitrogens with zero attached hydrogens (tertiary/aromatic N) is 3. The first-order chi connectivity index (χ1) is 13.9. The number of benzene rings is 2. The van der Waals surface area contributed by atoms with E-state index in [1.807, 2.05) is 41.8 Å². The van der Waals surface area contributed by atoms with Gasteiger partial charge >= 0.3 is 0 Å². The number of hydrogen-bond donors (Lipinski definition) is 0. The van der Waals surface area contributed by atoms with Crippen molar-refractivity contribution in [3.63, 3.8) is 0 Å². The van der Waals surface area contributed by atoms with Crippen LogP contribution in [0.1, 0.15) is 5.69 Å². The number of methoxy groups -OCH3 is 2. The van der Waals surface area contributed by atoms with E-state index in [1.165, 1.54) is 11.3 Å². The van der Waals surface area contributed by atoms with Crippen molar-refractivity contribution in [2.75, 3.05) is 20.5 Å². The molecule has 0 fully saturated rings. The summed E-state index contributed by atoms with van der Waals surface area (Å²) in [6.07, 6.45) is 1.16. The van der Waals surface area contributed by atoms with E-state index in [2.05, 4.69) is 4.98 Å². The molecule has 2 aromatic heterocycles. The highest BCUT2D eigenvalue weighted by Gasteiger charge is 2.21. The molecule has 7 nitrogen and oxygen atoms in total. The van der Waals surface area contributed by atoms with Gasteiger partial charge in [0, 0.05) is 11.6 Å². The summed E-state index contributed by atoms with van der Waals surface area (Å²) in [6.45, 7) is 0.297. The summed E-state index contributed by atoms with van der Waals surface area (Å²) in [4.78, 5) is 9.02. The minimum atomic E-state index is -3.49. The Bertz CT molecular complexity index is 1290. The number of ether oxygens (including phenoxy) is 2. The van der Waals surface area contributed by atoms with Crippen LogP contribution < -0.4 is 9.47 Å². The van der Waals surface area contributed by atoms with Crippen molar-refractivity contribution in [3.05, 3.63) is 53.5 Å². The van der Waals surface area contributed by atoms with Gasteiger partial charge in [0.05, 0.1) is 43.1 Å². The average molecular weight is 430 g/mol. The fourth-order valence-corrected chi connectivity index (χ4v) is 4.87. The quantitative estimate of drug-likeness (QED) is 0.465. The SMILES string of the molecule is COc1cccc(-c2nc(Cn3c(S(C)(=O)=O)nc4ccccc43)cs2)c1OC. The van der Waals surface area contributed by atoms with Gasteiger partial charge < -0.3 is 14.0 Å². The van der Waals surface area contributed by atoms with Crippen LogP contribution in [0.5, 0.6) is 11.5 Å². The predicted molar refractivity (Wildman–Crippen MR) is 113 cm³/mol. The summed E-state index contributed by atoms with van der Waals surface area (Å²) in [5.41, 5.74) is 2.95. The van der Waals surface area contributed by atoms with Crippen LogP contribution in [0.3, 0.4) is 0 Å². The van der Waals surface area contributed by atoms with Gasteiger partial charge in [-0.2, -0.15) is 0 Å². The Hall–Kier alpha value is -2.91. The molecule has 4 rings (SSSR count). The van der Waals surface area contributed by atoms with Crippen LogP contribution in [0.15, 0.2) is 53.0 Å². The lowest BCUT2D eigenvalue weighted by molar-refractivity contribution is 0.356. The van der Waals surface area contributed by atoms with Gasteiger partial charge in [-0.15, -0.1) is 11.3 Å². The Labute approximate surface area is 172 Å². The first kappa shape index (κ1) is 19.4. The summed E-state index contributed by atoms with van der Waals surface area (Å²) in [6, 6.07) is 13.0. The van der Waals surface area contributed by atoms with E-state index in [4.69, 9.17) is 14.5 Å². The van der Waals surface area contributed by atoms with Crippen LogP contribution >= 0.6 is 11.3 Å². The lowest BCUT2D eigenvalue weighted by Gasteiger charge is -2.10. The zero-order chi connectivity index (χ0) is 20.6. The Balaban J connectivity index is 1.77. The fourth-order valence-electron chi connectivity index (χ4n) is 3.21. The number of thiazole rings is 1. The smallest absolute Gasteiger partial charge is 0.228 e. The fraction of sp³-hybridized carbons (Fsp3) is 0.200. The summed E-state index contributed by atoms with van der Waals surface area (Å²) in [5, 5.41) is 2.71. The molecule has 0 radical (unpaired) electrons. The molecular formula is C20H19N3O4S2. The Morgan fingerprint density at radius 3 is 2.55 bits per heavy atom. The van der Waals surface area contributed by atoms with Crippen LogP contribution in [0.25, 0.3) is 21.6 Å². The Kier molecular flexibility index (Phi) is 5.01. The van der Waals surface area contributed by atoms with Crippen LogP contribution in [0, 0.1) is 0 Å². The van der Waals surface area contributed by atoms with E-state index >= 15 is 0 Å². The number of rotatable bonds is 6. The lowest BCUT2D eigenvalue weighted by Crippen LogP contribution is -2.10. The van der Waals surface area contributed by atoms with Gasteiger partial charge in [-0.3, -0.25) is 0 Å². The minimum Gasteiger partial charge on any atom is -0.493 e. The van der Waals surface area contributed by atoms with E-state index in [-0.39, 0.29) is 5.16 Å².